The van der Waals surface area contributed by atoms with Gasteiger partial charge in [-0.2, -0.15) is 0 Å². The van der Waals surface area contributed by atoms with Gasteiger partial charge in [-0.25, -0.2) is 0 Å². The van der Waals surface area contributed by atoms with Crippen LogP contribution in [0.15, 0.2) is 12.2 Å². The monoisotopic (exact) mass is 173 g/mol. The van der Waals surface area contributed by atoms with Gasteiger partial charge < -0.3 is 5.11 Å². The van der Waals surface area contributed by atoms with Crippen molar-refractivity contribution >= 4 is 10.9 Å². The van der Waals surface area contributed by atoms with E-state index in [4.69, 9.17) is 0 Å². The standard InChI is InChI=1S/C9H17OS/c1-11(2)8-9(10)6-4-3-5-7-9/h4,6,10H,3,5,7-8H2,1-2H3/q+1. The molecular formula is C9H17OS+. The van der Waals surface area contributed by atoms with Crippen molar-refractivity contribution in [2.75, 3.05) is 18.3 Å². The van der Waals surface area contributed by atoms with Gasteiger partial charge in [0.15, 0.2) is 0 Å². The van der Waals surface area contributed by atoms with Crippen LogP contribution in [0.5, 0.6) is 0 Å². The topological polar surface area (TPSA) is 20.2 Å². The molecule has 0 aliphatic heterocycles. The van der Waals surface area contributed by atoms with Crippen molar-refractivity contribution in [1.82, 2.24) is 0 Å². The molecule has 1 rings (SSSR count). The molecule has 1 aliphatic carbocycles. The molecule has 0 heterocycles. The summed E-state index contributed by atoms with van der Waals surface area (Å²) in [6, 6.07) is 0. The zero-order chi connectivity index (χ0) is 8.32. The molecule has 11 heavy (non-hydrogen) atoms. The summed E-state index contributed by atoms with van der Waals surface area (Å²) in [5.41, 5.74) is -0.467. The number of allylic oxidation sites excluding steroid dienone is 1. The number of hydrogen-bond acceptors (Lipinski definition) is 1. The lowest BCUT2D eigenvalue weighted by Crippen LogP contribution is -2.35. The van der Waals surface area contributed by atoms with Crippen LogP contribution >= 0.6 is 0 Å². The third-order valence-electron chi connectivity index (χ3n) is 1.95. The summed E-state index contributed by atoms with van der Waals surface area (Å²) in [6.07, 6.45) is 11.7. The van der Waals surface area contributed by atoms with Crippen molar-refractivity contribution in [3.05, 3.63) is 12.2 Å². The molecule has 0 radical (unpaired) electrons. The summed E-state index contributed by atoms with van der Waals surface area (Å²) in [5.74, 6) is 0.934. The van der Waals surface area contributed by atoms with Gasteiger partial charge in [0.05, 0.1) is 12.5 Å². The van der Waals surface area contributed by atoms with Gasteiger partial charge in [-0.05, 0) is 30.2 Å². The Morgan fingerprint density at radius 3 is 2.73 bits per heavy atom. The van der Waals surface area contributed by atoms with E-state index in [0.29, 0.717) is 10.9 Å². The Balaban J connectivity index is 2.50. The molecule has 0 saturated heterocycles. The smallest absolute Gasteiger partial charge is 0.139 e. The van der Waals surface area contributed by atoms with Crippen LogP contribution in [-0.4, -0.2) is 29.0 Å². The Morgan fingerprint density at radius 2 is 2.27 bits per heavy atom. The molecule has 1 aliphatic rings. The number of aliphatic hydroxyl groups is 1. The van der Waals surface area contributed by atoms with Crippen molar-refractivity contribution in [3.63, 3.8) is 0 Å². The fourth-order valence-electron chi connectivity index (χ4n) is 1.53. The molecule has 0 aromatic carbocycles. The fourth-order valence-corrected chi connectivity index (χ4v) is 2.77. The molecule has 2 heteroatoms. The van der Waals surface area contributed by atoms with Gasteiger partial charge in [0.1, 0.15) is 11.4 Å². The molecule has 0 bridgehead atoms. The largest absolute Gasteiger partial charge is 0.381 e. The van der Waals surface area contributed by atoms with Crippen LogP contribution in [0.4, 0.5) is 0 Å². The van der Waals surface area contributed by atoms with E-state index in [2.05, 4.69) is 18.6 Å². The maximum absolute atomic E-state index is 9.96. The van der Waals surface area contributed by atoms with E-state index in [-0.39, 0.29) is 0 Å². The Hall–Kier alpha value is 0.0500. The summed E-state index contributed by atoms with van der Waals surface area (Å²) in [5, 5.41) is 9.96. The van der Waals surface area contributed by atoms with Gasteiger partial charge in [0, 0.05) is 0 Å². The number of rotatable bonds is 2. The average Bonchev–Trinajstić information content (AvgIpc) is 1.85. The zero-order valence-corrected chi connectivity index (χ0v) is 8.16. The summed E-state index contributed by atoms with van der Waals surface area (Å²) < 4.78 is 0. The van der Waals surface area contributed by atoms with Crippen molar-refractivity contribution in [3.8, 4) is 0 Å². The van der Waals surface area contributed by atoms with E-state index in [1.807, 2.05) is 6.08 Å². The molecule has 0 amide bonds. The lowest BCUT2D eigenvalue weighted by molar-refractivity contribution is 0.0992. The van der Waals surface area contributed by atoms with Crippen LogP contribution < -0.4 is 0 Å². The Kier molecular flexibility index (Phi) is 3.02. The van der Waals surface area contributed by atoms with E-state index in [1.54, 1.807) is 0 Å². The van der Waals surface area contributed by atoms with E-state index in [1.165, 1.54) is 0 Å². The van der Waals surface area contributed by atoms with Crippen LogP contribution in [0.3, 0.4) is 0 Å². The van der Waals surface area contributed by atoms with E-state index >= 15 is 0 Å². The molecule has 1 nitrogen and oxygen atoms in total. The van der Waals surface area contributed by atoms with E-state index in [0.717, 1.165) is 25.0 Å². The molecule has 0 spiro atoms. The van der Waals surface area contributed by atoms with Gasteiger partial charge in [-0.3, -0.25) is 0 Å². The average molecular weight is 173 g/mol. The molecule has 0 fully saturated rings. The molecule has 1 atom stereocenters. The highest BCUT2D eigenvalue weighted by molar-refractivity contribution is 7.95. The lowest BCUT2D eigenvalue weighted by Gasteiger charge is -2.24. The minimum Gasteiger partial charge on any atom is -0.381 e. The fraction of sp³-hybridized carbons (Fsp3) is 0.778. The highest BCUT2D eigenvalue weighted by Gasteiger charge is 2.30. The van der Waals surface area contributed by atoms with Crippen LogP contribution in [-0.2, 0) is 10.9 Å². The SMILES string of the molecule is C[S+](C)CC1(O)C=CCCC1. The van der Waals surface area contributed by atoms with Crippen molar-refractivity contribution < 1.29 is 5.11 Å². The lowest BCUT2D eigenvalue weighted by atomic mass is 9.93. The second-order valence-corrected chi connectivity index (χ2v) is 5.79. The molecular weight excluding hydrogens is 156 g/mol. The summed E-state index contributed by atoms with van der Waals surface area (Å²) in [7, 11) is 0.346. The van der Waals surface area contributed by atoms with Crippen molar-refractivity contribution in [2.45, 2.75) is 24.9 Å². The molecule has 1 unspecified atom stereocenters. The molecule has 0 aromatic rings. The molecule has 0 saturated carbocycles. The Morgan fingerprint density at radius 1 is 1.55 bits per heavy atom. The third kappa shape index (κ3) is 2.88. The van der Waals surface area contributed by atoms with Crippen molar-refractivity contribution in [1.29, 1.82) is 0 Å². The van der Waals surface area contributed by atoms with Gasteiger partial charge in [-0.15, -0.1) is 0 Å². The molecule has 1 N–H and O–H groups in total. The third-order valence-corrected chi connectivity index (χ3v) is 3.02. The first-order chi connectivity index (χ1) is 5.12. The first kappa shape index (κ1) is 9.14. The second-order valence-electron chi connectivity index (χ2n) is 3.53. The summed E-state index contributed by atoms with van der Waals surface area (Å²) in [4.78, 5) is 0. The quantitative estimate of drug-likeness (QED) is 0.493. The minimum absolute atomic E-state index is 0.346. The molecule has 0 aromatic heterocycles. The minimum atomic E-state index is -0.467. The van der Waals surface area contributed by atoms with Crippen LogP contribution in [0.25, 0.3) is 0 Å². The first-order valence-corrected chi connectivity index (χ1v) is 6.28. The molecule has 64 valence electrons. The Labute approximate surface area is 71.8 Å². The maximum Gasteiger partial charge on any atom is 0.139 e. The maximum atomic E-state index is 9.96. The van der Waals surface area contributed by atoms with Crippen molar-refractivity contribution in [2.24, 2.45) is 0 Å². The van der Waals surface area contributed by atoms with Gasteiger partial charge in [0.25, 0.3) is 0 Å². The van der Waals surface area contributed by atoms with Gasteiger partial charge in [-0.1, -0.05) is 12.2 Å². The summed E-state index contributed by atoms with van der Waals surface area (Å²) >= 11 is 0. The predicted octanol–water partition coefficient (Wildman–Crippen LogP) is 1.34. The number of hydrogen-bond donors (Lipinski definition) is 1. The first-order valence-electron chi connectivity index (χ1n) is 4.07. The van der Waals surface area contributed by atoms with E-state index < -0.39 is 5.60 Å². The van der Waals surface area contributed by atoms with Crippen LogP contribution in [0.2, 0.25) is 0 Å². The van der Waals surface area contributed by atoms with E-state index in [9.17, 15) is 5.11 Å². The summed E-state index contributed by atoms with van der Waals surface area (Å²) in [6.45, 7) is 0. The highest BCUT2D eigenvalue weighted by atomic mass is 32.2. The van der Waals surface area contributed by atoms with Crippen LogP contribution in [0, 0.1) is 0 Å². The van der Waals surface area contributed by atoms with Gasteiger partial charge >= 0.3 is 0 Å². The normalized spacial score (nSPS) is 31.3. The van der Waals surface area contributed by atoms with Gasteiger partial charge in [0.2, 0.25) is 0 Å². The predicted molar refractivity (Wildman–Crippen MR) is 52.0 cm³/mol. The Bertz CT molecular complexity index is 154. The second kappa shape index (κ2) is 3.63. The van der Waals surface area contributed by atoms with Crippen LogP contribution in [0.1, 0.15) is 19.3 Å². The zero-order valence-electron chi connectivity index (χ0n) is 7.34. The highest BCUT2D eigenvalue weighted by Crippen LogP contribution is 2.23.